The van der Waals surface area contributed by atoms with Crippen molar-refractivity contribution in [1.29, 1.82) is 0 Å². The van der Waals surface area contributed by atoms with Crippen molar-refractivity contribution in [1.82, 2.24) is 5.32 Å². The first-order valence-corrected chi connectivity index (χ1v) is 9.54. The number of thioether (sulfide) groups is 1. The van der Waals surface area contributed by atoms with Crippen LogP contribution in [0.4, 0.5) is 5.69 Å². The summed E-state index contributed by atoms with van der Waals surface area (Å²) < 4.78 is 0.408. The lowest BCUT2D eigenvalue weighted by Gasteiger charge is -2.16. The van der Waals surface area contributed by atoms with Crippen LogP contribution in [0.15, 0.2) is 29.2 Å². The summed E-state index contributed by atoms with van der Waals surface area (Å²) in [5, 5.41) is 2.60. The number of nitrogens with one attached hydrogen (secondary N) is 1. The van der Waals surface area contributed by atoms with Gasteiger partial charge >= 0.3 is 0 Å². The SMILES string of the molecule is CCCCCCCN1C(=O)/C(=C2\SC(=S)NC2=O)c2ccccc21. The lowest BCUT2D eigenvalue weighted by molar-refractivity contribution is -0.116. The highest BCUT2D eigenvalue weighted by Crippen LogP contribution is 2.42. The van der Waals surface area contributed by atoms with Gasteiger partial charge in [-0.25, -0.2) is 0 Å². The van der Waals surface area contributed by atoms with Crippen LogP contribution >= 0.6 is 24.0 Å². The second-order valence-electron chi connectivity index (χ2n) is 5.94. The summed E-state index contributed by atoms with van der Waals surface area (Å²) >= 11 is 6.24. The van der Waals surface area contributed by atoms with Crippen LogP contribution in [-0.4, -0.2) is 22.7 Å². The first kappa shape index (κ1) is 17.2. The second-order valence-corrected chi connectivity index (χ2v) is 7.62. The zero-order valence-corrected chi connectivity index (χ0v) is 15.3. The smallest absolute Gasteiger partial charge is 0.264 e. The topological polar surface area (TPSA) is 49.4 Å². The van der Waals surface area contributed by atoms with Crippen LogP contribution in [0.5, 0.6) is 0 Å². The van der Waals surface area contributed by atoms with Gasteiger partial charge in [0, 0.05) is 12.1 Å². The van der Waals surface area contributed by atoms with Gasteiger partial charge in [0.05, 0.1) is 16.2 Å². The van der Waals surface area contributed by atoms with Gasteiger partial charge in [0.15, 0.2) is 0 Å². The molecule has 126 valence electrons. The summed E-state index contributed by atoms with van der Waals surface area (Å²) in [7, 11) is 0. The number of hydrogen-bond acceptors (Lipinski definition) is 4. The molecule has 0 spiro atoms. The van der Waals surface area contributed by atoms with Crippen molar-refractivity contribution in [3.8, 4) is 0 Å². The van der Waals surface area contributed by atoms with E-state index in [0.717, 1.165) is 24.1 Å². The second kappa shape index (κ2) is 7.49. The van der Waals surface area contributed by atoms with E-state index in [9.17, 15) is 9.59 Å². The fraction of sp³-hybridized carbons (Fsp3) is 0.389. The molecule has 2 heterocycles. The molecule has 3 rings (SSSR count). The lowest BCUT2D eigenvalue weighted by Crippen LogP contribution is -2.28. The van der Waals surface area contributed by atoms with Gasteiger partial charge in [0.25, 0.3) is 11.8 Å². The van der Waals surface area contributed by atoms with Crippen LogP contribution in [0, 0.1) is 0 Å². The fourth-order valence-electron chi connectivity index (χ4n) is 3.07. The summed E-state index contributed by atoms with van der Waals surface area (Å²) in [5.74, 6) is -0.359. The van der Waals surface area contributed by atoms with Gasteiger partial charge in [-0.05, 0) is 12.5 Å². The molecule has 0 aromatic heterocycles. The number of amides is 2. The summed E-state index contributed by atoms with van der Waals surface area (Å²) in [6, 6.07) is 7.67. The third kappa shape index (κ3) is 3.26. The highest BCUT2D eigenvalue weighted by molar-refractivity contribution is 8.27. The Morgan fingerprint density at radius 3 is 2.58 bits per heavy atom. The maximum absolute atomic E-state index is 13.0. The Kier molecular flexibility index (Phi) is 5.36. The Morgan fingerprint density at radius 2 is 1.88 bits per heavy atom. The van der Waals surface area contributed by atoms with E-state index in [4.69, 9.17) is 12.2 Å². The van der Waals surface area contributed by atoms with Gasteiger partial charge in [-0.1, -0.05) is 74.8 Å². The molecule has 0 bridgehead atoms. The molecular weight excluding hydrogens is 340 g/mol. The van der Waals surface area contributed by atoms with Gasteiger partial charge < -0.3 is 10.2 Å². The number of nitrogens with zero attached hydrogens (tertiary/aromatic N) is 1. The Balaban J connectivity index is 1.86. The Morgan fingerprint density at radius 1 is 1.12 bits per heavy atom. The van der Waals surface area contributed by atoms with E-state index in [2.05, 4.69) is 12.2 Å². The van der Waals surface area contributed by atoms with Crippen molar-refractivity contribution in [2.45, 2.75) is 39.0 Å². The van der Waals surface area contributed by atoms with Crippen molar-refractivity contribution in [2.24, 2.45) is 0 Å². The average molecular weight is 361 g/mol. The quantitative estimate of drug-likeness (QED) is 0.475. The minimum absolute atomic E-state index is 0.0889. The Hall–Kier alpha value is -1.66. The van der Waals surface area contributed by atoms with Crippen LogP contribution in [-0.2, 0) is 9.59 Å². The van der Waals surface area contributed by atoms with Crippen LogP contribution < -0.4 is 10.2 Å². The molecule has 2 aliphatic heterocycles. The highest BCUT2D eigenvalue weighted by Gasteiger charge is 2.38. The van der Waals surface area contributed by atoms with Crippen molar-refractivity contribution < 1.29 is 9.59 Å². The first-order valence-electron chi connectivity index (χ1n) is 8.32. The molecule has 1 N–H and O–H groups in total. The Labute approximate surface area is 151 Å². The number of rotatable bonds is 6. The van der Waals surface area contributed by atoms with E-state index >= 15 is 0 Å². The molecule has 1 aromatic carbocycles. The summed E-state index contributed by atoms with van der Waals surface area (Å²) in [6.07, 6.45) is 5.72. The van der Waals surface area contributed by atoms with Crippen LogP contribution in [0.3, 0.4) is 0 Å². The van der Waals surface area contributed by atoms with Crippen molar-refractivity contribution in [3.05, 3.63) is 34.7 Å². The summed E-state index contributed by atoms with van der Waals surface area (Å²) in [6.45, 7) is 2.88. The first-order chi connectivity index (χ1) is 11.6. The number of unbranched alkanes of at least 4 members (excludes halogenated alkanes) is 4. The van der Waals surface area contributed by atoms with E-state index in [0.29, 0.717) is 21.3 Å². The van der Waals surface area contributed by atoms with Crippen LogP contribution in [0.25, 0.3) is 5.57 Å². The van der Waals surface area contributed by atoms with Gasteiger partial charge in [-0.3, -0.25) is 9.59 Å². The standard InChI is InChI=1S/C18H20N2O2S2/c1-2-3-4-5-8-11-20-13-10-7-6-9-12(13)14(17(20)22)15-16(21)19-18(23)24-15/h6-7,9-10H,2-5,8,11H2,1H3,(H,19,21,23)/b15-14-. The molecule has 6 heteroatoms. The molecule has 0 atom stereocenters. The summed E-state index contributed by atoms with van der Waals surface area (Å²) in [4.78, 5) is 27.3. The number of fused-ring (bicyclic) bond motifs is 1. The molecule has 0 unspecified atom stereocenters. The minimum atomic E-state index is -0.270. The maximum atomic E-state index is 13.0. The van der Waals surface area contributed by atoms with Gasteiger partial charge in [0.2, 0.25) is 0 Å². The molecule has 2 aliphatic rings. The molecule has 4 nitrogen and oxygen atoms in total. The lowest BCUT2D eigenvalue weighted by atomic mass is 10.1. The molecule has 1 saturated heterocycles. The van der Waals surface area contributed by atoms with E-state index in [1.54, 1.807) is 4.90 Å². The van der Waals surface area contributed by atoms with E-state index in [-0.39, 0.29) is 11.8 Å². The van der Waals surface area contributed by atoms with Crippen molar-refractivity contribution in [3.63, 3.8) is 0 Å². The fourth-order valence-corrected chi connectivity index (χ4v) is 4.19. The van der Waals surface area contributed by atoms with Gasteiger partial charge in [-0.2, -0.15) is 0 Å². The van der Waals surface area contributed by atoms with Gasteiger partial charge in [-0.15, -0.1) is 0 Å². The van der Waals surface area contributed by atoms with Gasteiger partial charge in [0.1, 0.15) is 4.32 Å². The monoisotopic (exact) mass is 360 g/mol. The third-order valence-electron chi connectivity index (χ3n) is 4.25. The number of benzene rings is 1. The number of carbonyl (C=O) groups is 2. The zero-order chi connectivity index (χ0) is 17.1. The molecule has 2 amide bonds. The number of para-hydroxylation sites is 1. The molecule has 0 aliphatic carbocycles. The highest BCUT2D eigenvalue weighted by atomic mass is 32.2. The van der Waals surface area contributed by atoms with Crippen LogP contribution in [0.1, 0.15) is 44.6 Å². The van der Waals surface area contributed by atoms with Crippen LogP contribution in [0.2, 0.25) is 0 Å². The summed E-state index contributed by atoms with van der Waals surface area (Å²) in [5.41, 5.74) is 2.21. The van der Waals surface area contributed by atoms with E-state index in [1.807, 2.05) is 24.3 Å². The zero-order valence-electron chi connectivity index (χ0n) is 13.6. The molecule has 24 heavy (non-hydrogen) atoms. The largest absolute Gasteiger partial charge is 0.308 e. The molecule has 1 fully saturated rings. The van der Waals surface area contributed by atoms with E-state index < -0.39 is 0 Å². The third-order valence-corrected chi connectivity index (χ3v) is 5.49. The Bertz CT molecular complexity index is 727. The number of thiocarbonyl (C=S) groups is 1. The van der Waals surface area contributed by atoms with Crippen molar-refractivity contribution in [2.75, 3.05) is 11.4 Å². The predicted octanol–water partition coefficient (Wildman–Crippen LogP) is 3.86. The normalized spacial score (nSPS) is 19.9. The number of hydrogen-bond donors (Lipinski definition) is 1. The molecule has 1 aromatic rings. The minimum Gasteiger partial charge on any atom is -0.308 e. The molecule has 0 saturated carbocycles. The van der Waals surface area contributed by atoms with E-state index in [1.165, 1.54) is 31.0 Å². The number of carbonyl (C=O) groups excluding carboxylic acids is 2. The van der Waals surface area contributed by atoms with Crippen molar-refractivity contribution >= 4 is 51.4 Å². The average Bonchev–Trinajstić information content (AvgIpc) is 3.03. The number of anilines is 1. The maximum Gasteiger partial charge on any atom is 0.264 e. The predicted molar refractivity (Wildman–Crippen MR) is 103 cm³/mol. The molecule has 0 radical (unpaired) electrons. The molecular formula is C18H20N2O2S2.